The molecule has 136 valence electrons. The van der Waals surface area contributed by atoms with Crippen LogP contribution in [0.5, 0.6) is 5.75 Å². The van der Waals surface area contributed by atoms with Gasteiger partial charge in [0.15, 0.2) is 0 Å². The van der Waals surface area contributed by atoms with Gasteiger partial charge in [-0.25, -0.2) is 0 Å². The molecule has 0 fully saturated rings. The summed E-state index contributed by atoms with van der Waals surface area (Å²) in [5.41, 5.74) is 2.44. The quantitative estimate of drug-likeness (QED) is 0.541. The van der Waals surface area contributed by atoms with E-state index in [1.165, 1.54) is 17.5 Å². The molecule has 0 unspecified atom stereocenters. The molecule has 0 atom stereocenters. The zero-order valence-corrected chi connectivity index (χ0v) is 16.9. The third-order valence-corrected chi connectivity index (χ3v) is 4.90. The molecule has 1 N–H and O–H groups in total. The second-order valence-corrected chi connectivity index (χ2v) is 6.95. The summed E-state index contributed by atoms with van der Waals surface area (Å²) in [6, 6.07) is 16.5. The van der Waals surface area contributed by atoms with Crippen molar-refractivity contribution in [3.8, 4) is 5.75 Å². The lowest BCUT2D eigenvalue weighted by Crippen LogP contribution is -2.27. The molecule has 4 heteroatoms. The monoisotopic (exact) mass is 404 g/mol. The summed E-state index contributed by atoms with van der Waals surface area (Å²) in [6.45, 7) is 10.4. The van der Waals surface area contributed by atoms with Gasteiger partial charge in [-0.3, -0.25) is 0 Å². The Hall–Kier alpha value is -1.36. The van der Waals surface area contributed by atoms with Crippen LogP contribution >= 0.6 is 15.9 Å². The fraction of sp³-hybridized carbons (Fsp3) is 0.429. The number of ether oxygens (including phenoxy) is 1. The van der Waals surface area contributed by atoms with E-state index in [4.69, 9.17) is 4.74 Å². The Bertz CT molecular complexity index is 615. The molecule has 25 heavy (non-hydrogen) atoms. The molecule has 0 radical (unpaired) electrons. The molecule has 0 aliphatic carbocycles. The van der Waals surface area contributed by atoms with Gasteiger partial charge in [-0.15, -0.1) is 0 Å². The maximum Gasteiger partial charge on any atom is 0.134 e. The predicted molar refractivity (Wildman–Crippen MR) is 109 cm³/mol. The summed E-state index contributed by atoms with van der Waals surface area (Å²) in [4.78, 5) is 2.46. The van der Waals surface area contributed by atoms with Crippen molar-refractivity contribution in [2.45, 2.75) is 33.4 Å². The Labute approximate surface area is 160 Å². The van der Waals surface area contributed by atoms with Gasteiger partial charge in [0.1, 0.15) is 12.4 Å². The Kier molecular flexibility index (Phi) is 9.02. The highest BCUT2D eigenvalue weighted by molar-refractivity contribution is 9.10. The number of benzene rings is 2. The van der Waals surface area contributed by atoms with Crippen molar-refractivity contribution in [1.82, 2.24) is 10.2 Å². The molecule has 0 amide bonds. The molecule has 0 aromatic heterocycles. The molecular weight excluding hydrogens is 376 g/mol. The van der Waals surface area contributed by atoms with E-state index in [0.29, 0.717) is 6.61 Å². The predicted octanol–water partition coefficient (Wildman–Crippen LogP) is 4.85. The zero-order valence-electron chi connectivity index (χ0n) is 15.3. The van der Waals surface area contributed by atoms with E-state index in [0.717, 1.165) is 42.9 Å². The summed E-state index contributed by atoms with van der Waals surface area (Å²) in [7, 11) is 0. The van der Waals surface area contributed by atoms with Crippen molar-refractivity contribution in [3.05, 3.63) is 64.1 Å². The van der Waals surface area contributed by atoms with E-state index in [1.807, 2.05) is 24.3 Å². The molecule has 2 aromatic carbocycles. The highest BCUT2D eigenvalue weighted by atomic mass is 79.9. The molecule has 0 saturated heterocycles. The van der Waals surface area contributed by atoms with Crippen molar-refractivity contribution in [1.29, 1.82) is 0 Å². The molecule has 0 aliphatic heterocycles. The highest BCUT2D eigenvalue weighted by Crippen LogP contribution is 2.26. The van der Waals surface area contributed by atoms with Crippen molar-refractivity contribution < 1.29 is 4.74 Å². The molecule has 0 aliphatic rings. The van der Waals surface area contributed by atoms with E-state index in [-0.39, 0.29) is 0 Å². The van der Waals surface area contributed by atoms with Crippen LogP contribution in [0.25, 0.3) is 0 Å². The van der Waals surface area contributed by atoms with Gasteiger partial charge in [0.05, 0.1) is 4.47 Å². The highest BCUT2D eigenvalue weighted by Gasteiger charge is 2.04. The first-order chi connectivity index (χ1) is 12.2. The van der Waals surface area contributed by atoms with Gasteiger partial charge in [-0.2, -0.15) is 0 Å². The smallest absolute Gasteiger partial charge is 0.134 e. The summed E-state index contributed by atoms with van der Waals surface area (Å²) in [5.74, 6) is 0.883. The second kappa shape index (κ2) is 11.3. The average Bonchev–Trinajstić information content (AvgIpc) is 2.65. The molecule has 2 rings (SSSR count). The Morgan fingerprint density at radius 2 is 1.76 bits per heavy atom. The number of nitrogens with zero attached hydrogens (tertiary/aromatic N) is 1. The molecule has 0 spiro atoms. The fourth-order valence-electron chi connectivity index (χ4n) is 2.71. The summed E-state index contributed by atoms with van der Waals surface area (Å²) in [6.07, 6.45) is 1.18. The van der Waals surface area contributed by atoms with E-state index in [1.54, 1.807) is 0 Å². The van der Waals surface area contributed by atoms with Gasteiger partial charge in [-0.05, 0) is 71.8 Å². The summed E-state index contributed by atoms with van der Waals surface area (Å²) >= 11 is 3.62. The first kappa shape index (κ1) is 20.0. The van der Waals surface area contributed by atoms with Gasteiger partial charge in [0.2, 0.25) is 0 Å². The molecule has 0 saturated carbocycles. The summed E-state index contributed by atoms with van der Waals surface area (Å²) in [5, 5.41) is 3.52. The topological polar surface area (TPSA) is 24.5 Å². The minimum absolute atomic E-state index is 0.586. The third kappa shape index (κ3) is 7.18. The summed E-state index contributed by atoms with van der Waals surface area (Å²) < 4.78 is 6.90. The minimum Gasteiger partial charge on any atom is -0.488 e. The maximum atomic E-state index is 5.90. The van der Waals surface area contributed by atoms with Gasteiger partial charge in [0, 0.05) is 6.54 Å². The largest absolute Gasteiger partial charge is 0.488 e. The lowest BCUT2D eigenvalue weighted by atomic mass is 10.2. The fourth-order valence-corrected chi connectivity index (χ4v) is 3.25. The van der Waals surface area contributed by atoms with Crippen LogP contribution in [0.3, 0.4) is 0 Å². The molecule has 2 aromatic rings. The van der Waals surface area contributed by atoms with E-state index >= 15 is 0 Å². The van der Waals surface area contributed by atoms with Crippen molar-refractivity contribution >= 4 is 15.9 Å². The van der Waals surface area contributed by atoms with Crippen LogP contribution in [0.4, 0.5) is 0 Å². The standard InChI is InChI=1S/C21H29BrN2O/c1-3-24(4-2)14-8-13-23-16-19-11-12-21(20(22)15-19)25-17-18-9-6-5-7-10-18/h5-7,9-12,15,23H,3-4,8,13-14,16-17H2,1-2H3. The van der Waals surface area contributed by atoms with Crippen LogP contribution in [-0.2, 0) is 13.2 Å². The number of hydrogen-bond donors (Lipinski definition) is 1. The first-order valence-electron chi connectivity index (χ1n) is 9.11. The van der Waals surface area contributed by atoms with Gasteiger partial charge < -0.3 is 15.0 Å². The van der Waals surface area contributed by atoms with Crippen LogP contribution in [0.1, 0.15) is 31.4 Å². The normalized spacial score (nSPS) is 11.0. The van der Waals surface area contributed by atoms with Crippen LogP contribution < -0.4 is 10.1 Å². The molecule has 0 heterocycles. The molecule has 3 nitrogen and oxygen atoms in total. The van der Waals surface area contributed by atoms with Crippen LogP contribution in [0, 0.1) is 0 Å². The lowest BCUT2D eigenvalue weighted by molar-refractivity contribution is 0.298. The minimum atomic E-state index is 0.586. The van der Waals surface area contributed by atoms with Gasteiger partial charge in [-0.1, -0.05) is 50.2 Å². The van der Waals surface area contributed by atoms with Crippen molar-refractivity contribution in [2.75, 3.05) is 26.2 Å². The average molecular weight is 405 g/mol. The number of rotatable bonds is 11. The lowest BCUT2D eigenvalue weighted by Gasteiger charge is -2.17. The Morgan fingerprint density at radius 3 is 2.44 bits per heavy atom. The van der Waals surface area contributed by atoms with E-state index in [2.05, 4.69) is 64.3 Å². The van der Waals surface area contributed by atoms with Gasteiger partial charge >= 0.3 is 0 Å². The van der Waals surface area contributed by atoms with Crippen molar-refractivity contribution in [3.63, 3.8) is 0 Å². The van der Waals surface area contributed by atoms with Gasteiger partial charge in [0.25, 0.3) is 0 Å². The number of hydrogen-bond acceptors (Lipinski definition) is 3. The van der Waals surface area contributed by atoms with Crippen LogP contribution in [-0.4, -0.2) is 31.1 Å². The number of halogens is 1. The third-order valence-electron chi connectivity index (χ3n) is 4.28. The first-order valence-corrected chi connectivity index (χ1v) is 9.90. The van der Waals surface area contributed by atoms with Crippen molar-refractivity contribution in [2.24, 2.45) is 0 Å². The second-order valence-electron chi connectivity index (χ2n) is 6.10. The molecular formula is C21H29BrN2O. The maximum absolute atomic E-state index is 5.90. The van der Waals surface area contributed by atoms with Crippen LogP contribution in [0.15, 0.2) is 53.0 Å². The Balaban J connectivity index is 1.73. The SMILES string of the molecule is CCN(CC)CCCNCc1ccc(OCc2ccccc2)c(Br)c1. The van der Waals surface area contributed by atoms with E-state index < -0.39 is 0 Å². The number of nitrogens with one attached hydrogen (secondary N) is 1. The van der Waals surface area contributed by atoms with E-state index in [9.17, 15) is 0 Å². The Morgan fingerprint density at radius 1 is 1.00 bits per heavy atom. The van der Waals surface area contributed by atoms with Crippen LogP contribution in [0.2, 0.25) is 0 Å². The zero-order chi connectivity index (χ0) is 17.9. The molecule has 0 bridgehead atoms.